The lowest BCUT2D eigenvalue weighted by atomic mass is 10.3. The molecule has 9 heteroatoms. The number of halogens is 3. The molecule has 0 atom stereocenters. The van der Waals surface area contributed by atoms with Gasteiger partial charge in [-0.25, -0.2) is 8.42 Å². The molecule has 1 amide bonds. The highest BCUT2D eigenvalue weighted by atomic mass is 79.9. The van der Waals surface area contributed by atoms with Crippen molar-refractivity contribution >= 4 is 60.7 Å². The average molecular weight is 452 g/mol. The van der Waals surface area contributed by atoms with Gasteiger partial charge in [-0.3, -0.25) is 4.79 Å². The lowest BCUT2D eigenvalue weighted by Gasteiger charge is -2.18. The van der Waals surface area contributed by atoms with Crippen LogP contribution in [0.1, 0.15) is 0 Å². The number of hydrogen-bond acceptors (Lipinski definition) is 3. The first-order valence-corrected chi connectivity index (χ1v) is 9.66. The Morgan fingerprint density at radius 1 is 1.21 bits per heavy atom. The van der Waals surface area contributed by atoms with Gasteiger partial charge in [-0.2, -0.15) is 4.31 Å². The Kier molecular flexibility index (Phi) is 6.28. The van der Waals surface area contributed by atoms with Crippen molar-refractivity contribution in [1.29, 1.82) is 0 Å². The van der Waals surface area contributed by atoms with Crippen LogP contribution in [0.3, 0.4) is 0 Å². The zero-order valence-corrected chi connectivity index (χ0v) is 16.4. The van der Waals surface area contributed by atoms with E-state index in [1.807, 2.05) is 6.07 Å². The lowest BCUT2D eigenvalue weighted by Crippen LogP contribution is -2.35. The molecule has 0 aliphatic rings. The normalized spacial score (nSPS) is 11.5. The van der Waals surface area contributed by atoms with Crippen LogP contribution in [0.25, 0.3) is 0 Å². The number of benzene rings is 2. The molecule has 0 radical (unpaired) electrons. The van der Waals surface area contributed by atoms with Crippen LogP contribution in [-0.2, 0) is 14.8 Å². The summed E-state index contributed by atoms with van der Waals surface area (Å²) in [6.07, 6.45) is 0. The molecule has 1 N–H and O–H groups in total. The topological polar surface area (TPSA) is 66.5 Å². The van der Waals surface area contributed by atoms with E-state index < -0.39 is 15.9 Å². The minimum absolute atomic E-state index is 0.0404. The molecular formula is C15H13BrCl2N2O3S. The predicted octanol–water partition coefficient (Wildman–Crippen LogP) is 4.02. The van der Waals surface area contributed by atoms with Gasteiger partial charge in [0.05, 0.1) is 11.6 Å². The summed E-state index contributed by atoms with van der Waals surface area (Å²) in [7, 11) is -2.64. The van der Waals surface area contributed by atoms with E-state index in [1.54, 1.807) is 18.2 Å². The monoisotopic (exact) mass is 450 g/mol. The summed E-state index contributed by atoms with van der Waals surface area (Å²) < 4.78 is 26.8. The number of likely N-dealkylation sites (N-methyl/N-ethyl adjacent to an activating group) is 1. The van der Waals surface area contributed by atoms with Crippen LogP contribution >= 0.6 is 39.1 Å². The van der Waals surface area contributed by atoms with Gasteiger partial charge in [-0.1, -0.05) is 45.2 Å². The van der Waals surface area contributed by atoms with Crippen molar-refractivity contribution in [2.24, 2.45) is 0 Å². The molecule has 0 heterocycles. The highest BCUT2D eigenvalue weighted by Gasteiger charge is 2.25. The summed E-state index contributed by atoms with van der Waals surface area (Å²) in [6, 6.07) is 11.1. The fraction of sp³-hybridized carbons (Fsp3) is 0.133. The molecular weight excluding hydrogens is 439 g/mol. The van der Waals surface area contributed by atoms with E-state index in [0.717, 1.165) is 8.78 Å². The minimum Gasteiger partial charge on any atom is -0.325 e. The highest BCUT2D eigenvalue weighted by molar-refractivity contribution is 9.10. The second kappa shape index (κ2) is 7.84. The van der Waals surface area contributed by atoms with E-state index in [2.05, 4.69) is 21.2 Å². The summed E-state index contributed by atoms with van der Waals surface area (Å²) in [4.78, 5) is 11.9. The summed E-state index contributed by atoms with van der Waals surface area (Å²) in [6.45, 7) is -0.363. The Hall–Kier alpha value is -1.12. The maximum absolute atomic E-state index is 12.5. The van der Waals surface area contributed by atoms with Gasteiger partial charge in [0.15, 0.2) is 0 Å². The van der Waals surface area contributed by atoms with Gasteiger partial charge < -0.3 is 5.32 Å². The molecule has 0 unspecified atom stereocenters. The molecule has 0 spiro atoms. The smallest absolute Gasteiger partial charge is 0.244 e. The maximum Gasteiger partial charge on any atom is 0.244 e. The number of rotatable bonds is 5. The molecule has 2 aromatic carbocycles. The zero-order valence-electron chi connectivity index (χ0n) is 12.5. The van der Waals surface area contributed by atoms with Crippen molar-refractivity contribution in [1.82, 2.24) is 4.31 Å². The SMILES string of the molecule is CN(CC(=O)Nc1cccc(Br)c1)S(=O)(=O)c1cc(Cl)ccc1Cl. The number of amides is 1. The quantitative estimate of drug-likeness (QED) is 0.746. The van der Waals surface area contributed by atoms with Crippen molar-refractivity contribution < 1.29 is 13.2 Å². The van der Waals surface area contributed by atoms with Gasteiger partial charge in [0.25, 0.3) is 0 Å². The van der Waals surface area contributed by atoms with Crippen LogP contribution in [0, 0.1) is 0 Å². The summed E-state index contributed by atoms with van der Waals surface area (Å²) in [5.41, 5.74) is 0.556. The highest BCUT2D eigenvalue weighted by Crippen LogP contribution is 2.27. The van der Waals surface area contributed by atoms with Crippen LogP contribution in [0.15, 0.2) is 51.8 Å². The van der Waals surface area contributed by atoms with Gasteiger partial charge in [-0.05, 0) is 36.4 Å². The predicted molar refractivity (Wildman–Crippen MR) is 99.0 cm³/mol. The number of nitrogens with zero attached hydrogens (tertiary/aromatic N) is 1. The largest absolute Gasteiger partial charge is 0.325 e. The van der Waals surface area contributed by atoms with E-state index in [9.17, 15) is 13.2 Å². The van der Waals surface area contributed by atoms with Crippen LogP contribution in [0.2, 0.25) is 10.0 Å². The average Bonchev–Trinajstić information content (AvgIpc) is 2.49. The van der Waals surface area contributed by atoms with Crippen molar-refractivity contribution in [2.75, 3.05) is 18.9 Å². The maximum atomic E-state index is 12.5. The third-order valence-corrected chi connectivity index (χ3v) is 6.07. The van der Waals surface area contributed by atoms with Gasteiger partial charge >= 0.3 is 0 Å². The van der Waals surface area contributed by atoms with E-state index >= 15 is 0 Å². The molecule has 0 fully saturated rings. The minimum atomic E-state index is -3.94. The summed E-state index contributed by atoms with van der Waals surface area (Å²) in [5, 5.41) is 2.91. The van der Waals surface area contributed by atoms with Crippen molar-refractivity contribution in [3.63, 3.8) is 0 Å². The van der Waals surface area contributed by atoms with E-state index in [4.69, 9.17) is 23.2 Å². The van der Waals surface area contributed by atoms with Crippen LogP contribution < -0.4 is 5.32 Å². The molecule has 24 heavy (non-hydrogen) atoms. The van der Waals surface area contributed by atoms with Crippen molar-refractivity contribution in [2.45, 2.75) is 4.90 Å². The fourth-order valence-corrected chi connectivity index (χ4v) is 4.16. The molecule has 0 saturated carbocycles. The molecule has 2 aromatic rings. The van der Waals surface area contributed by atoms with Gasteiger partial charge in [0.1, 0.15) is 4.90 Å². The molecule has 5 nitrogen and oxygen atoms in total. The molecule has 0 bridgehead atoms. The number of anilines is 1. The Morgan fingerprint density at radius 3 is 2.58 bits per heavy atom. The Labute approximate surface area is 158 Å². The molecule has 0 aromatic heterocycles. The first-order chi connectivity index (χ1) is 11.2. The molecule has 0 aliphatic carbocycles. The Morgan fingerprint density at radius 2 is 1.92 bits per heavy atom. The second-order valence-corrected chi connectivity index (χ2v) is 8.67. The van der Waals surface area contributed by atoms with E-state index in [1.165, 1.54) is 25.2 Å². The number of hydrogen-bond donors (Lipinski definition) is 1. The lowest BCUT2D eigenvalue weighted by molar-refractivity contribution is -0.116. The molecule has 0 aliphatic heterocycles. The van der Waals surface area contributed by atoms with Gasteiger partial charge in [-0.15, -0.1) is 0 Å². The number of nitrogens with one attached hydrogen (secondary N) is 1. The Bertz CT molecular complexity index is 875. The fourth-order valence-electron chi connectivity index (χ4n) is 1.90. The molecule has 0 saturated heterocycles. The molecule has 128 valence electrons. The number of carbonyl (C=O) groups excluding carboxylic acids is 1. The van der Waals surface area contributed by atoms with Crippen LogP contribution in [-0.4, -0.2) is 32.2 Å². The van der Waals surface area contributed by atoms with E-state index in [-0.39, 0.29) is 21.5 Å². The van der Waals surface area contributed by atoms with E-state index in [0.29, 0.717) is 5.69 Å². The van der Waals surface area contributed by atoms with Gasteiger partial charge in [0.2, 0.25) is 15.9 Å². The number of carbonyl (C=O) groups is 1. The van der Waals surface area contributed by atoms with Crippen molar-refractivity contribution in [3.05, 3.63) is 57.0 Å². The number of sulfonamides is 1. The third kappa shape index (κ3) is 4.70. The first kappa shape index (κ1) is 19.2. The van der Waals surface area contributed by atoms with Crippen LogP contribution in [0.5, 0.6) is 0 Å². The molecule has 2 rings (SSSR count). The van der Waals surface area contributed by atoms with Crippen molar-refractivity contribution in [3.8, 4) is 0 Å². The van der Waals surface area contributed by atoms with Crippen LogP contribution in [0.4, 0.5) is 5.69 Å². The first-order valence-electron chi connectivity index (χ1n) is 6.67. The Balaban J connectivity index is 2.14. The third-order valence-electron chi connectivity index (χ3n) is 3.06. The zero-order chi connectivity index (χ0) is 17.9. The summed E-state index contributed by atoms with van der Waals surface area (Å²) >= 11 is 15.1. The summed E-state index contributed by atoms with van der Waals surface area (Å²) in [5.74, 6) is -0.475. The standard InChI is InChI=1S/C15H13BrCl2N2O3S/c1-20(9-15(21)19-12-4-2-3-10(16)7-12)24(22,23)14-8-11(17)5-6-13(14)18/h2-8H,9H2,1H3,(H,19,21). The van der Waals surface area contributed by atoms with Gasteiger partial charge in [0, 0.05) is 22.2 Å². The second-order valence-electron chi connectivity index (χ2n) is 4.89.